The maximum Gasteiger partial charge on any atom is 0.137 e. The largest absolute Gasteiger partial charge is 0.506 e. The minimum absolute atomic E-state index is 0. The third kappa shape index (κ3) is 4.71. The Kier molecular flexibility index (Phi) is 8.66. The number of aromatic hydroxyl groups is 1. The average Bonchev–Trinajstić information content (AvgIpc) is 2.39. The Morgan fingerprint density at radius 3 is 2.27 bits per heavy atom. The molecule has 7 heteroatoms. The molecule has 1 fully saturated rings. The number of rotatable bonds is 2. The second kappa shape index (κ2) is 8.69. The molecule has 1 heterocycles. The quantitative estimate of drug-likeness (QED) is 0.759. The summed E-state index contributed by atoms with van der Waals surface area (Å²) in [6, 6.07) is 2.81. The van der Waals surface area contributed by atoms with Crippen LogP contribution in [0, 0.1) is 11.2 Å². The van der Waals surface area contributed by atoms with E-state index in [1.165, 1.54) is 6.07 Å². The summed E-state index contributed by atoms with van der Waals surface area (Å²) in [6.45, 7) is 9.74. The van der Waals surface area contributed by atoms with E-state index in [0.717, 1.165) is 26.2 Å². The van der Waals surface area contributed by atoms with E-state index in [1.807, 2.05) is 0 Å². The number of benzene rings is 1. The Hall–Kier alpha value is -0.0700. The first kappa shape index (κ1) is 21.9. The van der Waals surface area contributed by atoms with Crippen molar-refractivity contribution < 1.29 is 9.50 Å². The number of phenolic OH excluding ortho intramolecular Hbond substituents is 1. The lowest BCUT2D eigenvalue weighted by atomic mass is 9.80. The van der Waals surface area contributed by atoms with E-state index in [9.17, 15) is 9.50 Å². The van der Waals surface area contributed by atoms with Crippen LogP contribution in [0.25, 0.3) is 0 Å². The summed E-state index contributed by atoms with van der Waals surface area (Å²) in [5, 5.41) is 13.6. The van der Waals surface area contributed by atoms with Crippen molar-refractivity contribution in [3.8, 4) is 5.75 Å². The fourth-order valence-corrected chi connectivity index (χ4v) is 3.27. The van der Waals surface area contributed by atoms with Crippen molar-refractivity contribution in [3.63, 3.8) is 0 Å². The topological polar surface area (TPSA) is 35.5 Å². The Morgan fingerprint density at radius 2 is 1.77 bits per heavy atom. The molecular weight excluding hydrogens is 394 g/mol. The van der Waals surface area contributed by atoms with Gasteiger partial charge in [0.1, 0.15) is 11.6 Å². The van der Waals surface area contributed by atoms with Crippen molar-refractivity contribution in [3.05, 3.63) is 28.0 Å². The van der Waals surface area contributed by atoms with Crippen molar-refractivity contribution in [1.29, 1.82) is 0 Å². The van der Waals surface area contributed by atoms with Gasteiger partial charge in [-0.25, -0.2) is 4.39 Å². The molecule has 1 aliphatic rings. The van der Waals surface area contributed by atoms with E-state index in [1.54, 1.807) is 6.07 Å². The Labute approximate surface area is 152 Å². The second-order valence-corrected chi connectivity index (χ2v) is 7.20. The molecule has 0 aliphatic carbocycles. The lowest BCUT2D eigenvalue weighted by molar-refractivity contribution is 0.0812. The van der Waals surface area contributed by atoms with E-state index < -0.39 is 0 Å². The number of nitrogens with zero attached hydrogens (tertiary/aromatic N) is 1. The molecule has 0 radical (unpaired) electrons. The first-order chi connectivity index (χ1) is 9.32. The fourth-order valence-electron chi connectivity index (χ4n) is 2.92. The van der Waals surface area contributed by atoms with Crippen LogP contribution >= 0.6 is 40.7 Å². The van der Waals surface area contributed by atoms with Gasteiger partial charge in [0.05, 0.1) is 4.47 Å². The van der Waals surface area contributed by atoms with E-state index in [0.29, 0.717) is 10.0 Å². The third-order valence-corrected chi connectivity index (χ3v) is 4.37. The molecule has 1 aromatic rings. The molecule has 1 aliphatic heterocycles. The van der Waals surface area contributed by atoms with Gasteiger partial charge in [-0.05, 0) is 33.5 Å². The summed E-state index contributed by atoms with van der Waals surface area (Å²) < 4.78 is 14.9. The first-order valence-corrected chi connectivity index (χ1v) is 7.73. The van der Waals surface area contributed by atoms with Crippen molar-refractivity contribution in [2.45, 2.75) is 26.8 Å². The van der Waals surface area contributed by atoms with Gasteiger partial charge in [0, 0.05) is 37.8 Å². The molecule has 0 spiro atoms. The summed E-state index contributed by atoms with van der Waals surface area (Å²) in [4.78, 5) is 2.25. The number of hydrogen-bond acceptors (Lipinski definition) is 3. The molecule has 2 N–H and O–H groups in total. The zero-order valence-corrected chi connectivity index (χ0v) is 16.2. The van der Waals surface area contributed by atoms with Crippen molar-refractivity contribution >= 4 is 40.7 Å². The van der Waals surface area contributed by atoms with Crippen LogP contribution in [0.1, 0.15) is 32.4 Å². The van der Waals surface area contributed by atoms with E-state index in [2.05, 4.69) is 46.9 Å². The number of hydrogen-bond donors (Lipinski definition) is 2. The molecule has 1 aromatic carbocycles. The van der Waals surface area contributed by atoms with Crippen LogP contribution in [0.15, 0.2) is 16.6 Å². The molecule has 0 aromatic heterocycles. The Bertz CT molecular complexity index is 491. The van der Waals surface area contributed by atoms with Crippen LogP contribution in [0.5, 0.6) is 5.75 Å². The van der Waals surface area contributed by atoms with Crippen LogP contribution in [0.2, 0.25) is 0 Å². The zero-order chi connectivity index (χ0) is 14.9. The molecule has 1 atom stereocenters. The fraction of sp³-hybridized carbons (Fsp3) is 0.600. The minimum Gasteiger partial charge on any atom is -0.506 e. The van der Waals surface area contributed by atoms with Crippen molar-refractivity contribution in [2.75, 3.05) is 26.2 Å². The second-order valence-electron chi connectivity index (χ2n) is 6.35. The van der Waals surface area contributed by atoms with Gasteiger partial charge in [0.25, 0.3) is 0 Å². The van der Waals surface area contributed by atoms with Gasteiger partial charge in [-0.2, -0.15) is 0 Å². The van der Waals surface area contributed by atoms with Gasteiger partial charge in [-0.3, -0.25) is 4.90 Å². The zero-order valence-electron chi connectivity index (χ0n) is 13.0. The summed E-state index contributed by atoms with van der Waals surface area (Å²) in [5.41, 5.74) is 0.227. The highest BCUT2D eigenvalue weighted by molar-refractivity contribution is 9.10. The van der Waals surface area contributed by atoms with Crippen molar-refractivity contribution in [2.24, 2.45) is 5.41 Å². The lowest BCUT2D eigenvalue weighted by Gasteiger charge is -2.42. The van der Waals surface area contributed by atoms with Gasteiger partial charge in [0.2, 0.25) is 0 Å². The molecule has 22 heavy (non-hydrogen) atoms. The molecule has 3 nitrogen and oxygen atoms in total. The van der Waals surface area contributed by atoms with Gasteiger partial charge < -0.3 is 10.4 Å². The monoisotopic (exact) mass is 416 g/mol. The standard InChI is InChI=1S/C15H22BrFN2O.2ClH/c1-15(2,3)14(19-8-6-18-7-9-19)12-11(17)5-4-10(16)13(12)20;;/h4-5,14,18,20H,6-9H2,1-3H3;2*1H/t14-;;/m0../s1. The van der Waals surface area contributed by atoms with E-state index in [4.69, 9.17) is 0 Å². The molecule has 0 saturated carbocycles. The highest BCUT2D eigenvalue weighted by Crippen LogP contribution is 2.45. The number of halogens is 4. The molecule has 1 saturated heterocycles. The van der Waals surface area contributed by atoms with E-state index >= 15 is 0 Å². The Morgan fingerprint density at radius 1 is 1.23 bits per heavy atom. The van der Waals surface area contributed by atoms with Crippen LogP contribution in [0.4, 0.5) is 4.39 Å². The number of piperazine rings is 1. The van der Waals surface area contributed by atoms with E-state index in [-0.39, 0.29) is 47.8 Å². The van der Waals surface area contributed by atoms with Gasteiger partial charge >= 0.3 is 0 Å². The smallest absolute Gasteiger partial charge is 0.137 e. The van der Waals surface area contributed by atoms with Crippen LogP contribution in [0.3, 0.4) is 0 Å². The maximum atomic E-state index is 14.3. The molecular formula is C15H24BrCl2FN2O. The van der Waals surface area contributed by atoms with Gasteiger partial charge in [-0.1, -0.05) is 20.8 Å². The minimum atomic E-state index is -0.343. The third-order valence-electron chi connectivity index (χ3n) is 3.73. The lowest BCUT2D eigenvalue weighted by Crippen LogP contribution is -2.48. The van der Waals surface area contributed by atoms with Crippen LogP contribution < -0.4 is 5.32 Å². The van der Waals surface area contributed by atoms with Crippen LogP contribution in [-0.4, -0.2) is 36.2 Å². The Balaban J connectivity index is 0.00000220. The predicted molar refractivity (Wildman–Crippen MR) is 96.9 cm³/mol. The summed E-state index contributed by atoms with van der Waals surface area (Å²) in [5.74, 6) is -0.326. The highest BCUT2D eigenvalue weighted by Gasteiger charge is 2.36. The first-order valence-electron chi connectivity index (χ1n) is 6.94. The summed E-state index contributed by atoms with van der Waals surface area (Å²) in [6.07, 6.45) is 0. The summed E-state index contributed by atoms with van der Waals surface area (Å²) in [7, 11) is 0. The molecule has 0 bridgehead atoms. The number of phenols is 1. The predicted octanol–water partition coefficient (Wildman–Crippen LogP) is 4.13. The maximum absolute atomic E-state index is 14.3. The highest BCUT2D eigenvalue weighted by atomic mass is 79.9. The molecule has 128 valence electrons. The van der Waals surface area contributed by atoms with Crippen molar-refractivity contribution in [1.82, 2.24) is 10.2 Å². The summed E-state index contributed by atoms with van der Waals surface area (Å²) >= 11 is 3.29. The molecule has 0 amide bonds. The molecule has 2 rings (SSSR count). The molecule has 0 unspecified atom stereocenters. The van der Waals surface area contributed by atoms with Gasteiger partial charge in [0.15, 0.2) is 0 Å². The average molecular weight is 418 g/mol. The SMILES string of the molecule is CC(C)(C)[C@H](c1c(F)ccc(Br)c1O)N1CCNCC1.Cl.Cl. The van der Waals surface area contributed by atoms with Crippen LogP contribution in [-0.2, 0) is 0 Å². The number of nitrogens with one attached hydrogen (secondary N) is 1. The van der Waals surface area contributed by atoms with Gasteiger partial charge in [-0.15, -0.1) is 24.8 Å². The normalized spacial score (nSPS) is 17.3.